The molecule has 0 bridgehead atoms. The number of thiophene rings is 1. The van der Waals surface area contributed by atoms with Gasteiger partial charge in [0.2, 0.25) is 5.91 Å². The molecule has 1 amide bonds. The van der Waals surface area contributed by atoms with Crippen molar-refractivity contribution in [3.8, 4) is 5.75 Å². The zero-order valence-electron chi connectivity index (χ0n) is 11.6. The van der Waals surface area contributed by atoms with Gasteiger partial charge in [0.1, 0.15) is 5.75 Å². The number of thiazole rings is 1. The van der Waals surface area contributed by atoms with E-state index in [9.17, 15) is 13.2 Å². The Balaban J connectivity index is 1.87. The van der Waals surface area contributed by atoms with E-state index in [1.165, 1.54) is 23.5 Å². The summed E-state index contributed by atoms with van der Waals surface area (Å²) < 4.78 is 30.1. The lowest BCUT2D eigenvalue weighted by Gasteiger charge is -2.04. The minimum Gasteiger partial charge on any atom is -0.378 e. The standard InChI is InChI=1S/C13H11N3O4S3/c14-7-11(17)16-13-15-9-4-3-8(6-10(9)22-13)20-23(18,19)12-2-1-5-21-12/h1-6H,7,14H2,(H,15,16,17). The van der Waals surface area contributed by atoms with E-state index in [-0.39, 0.29) is 22.4 Å². The van der Waals surface area contributed by atoms with Gasteiger partial charge in [-0.05, 0) is 23.6 Å². The average molecular weight is 369 g/mol. The summed E-state index contributed by atoms with van der Waals surface area (Å²) >= 11 is 2.29. The molecule has 0 aliphatic rings. The van der Waals surface area contributed by atoms with Gasteiger partial charge >= 0.3 is 10.1 Å². The van der Waals surface area contributed by atoms with Crippen molar-refractivity contribution in [2.45, 2.75) is 4.21 Å². The van der Waals surface area contributed by atoms with Crippen LogP contribution in [0.5, 0.6) is 5.75 Å². The predicted octanol–water partition coefficient (Wildman–Crippen LogP) is 2.02. The summed E-state index contributed by atoms with van der Waals surface area (Å²) in [5.74, 6) is -0.160. The third kappa shape index (κ3) is 3.50. The highest BCUT2D eigenvalue weighted by atomic mass is 32.3. The van der Waals surface area contributed by atoms with E-state index in [4.69, 9.17) is 9.92 Å². The van der Waals surface area contributed by atoms with Crippen LogP contribution in [0.15, 0.2) is 39.9 Å². The summed E-state index contributed by atoms with van der Waals surface area (Å²) in [6, 6.07) is 7.83. The summed E-state index contributed by atoms with van der Waals surface area (Å²) in [5, 5.41) is 4.62. The minimum atomic E-state index is -3.84. The molecule has 0 radical (unpaired) electrons. The quantitative estimate of drug-likeness (QED) is 0.666. The van der Waals surface area contributed by atoms with Crippen LogP contribution in [0.25, 0.3) is 10.2 Å². The summed E-state index contributed by atoms with van der Waals surface area (Å²) in [5.41, 5.74) is 5.86. The highest BCUT2D eigenvalue weighted by Gasteiger charge is 2.18. The van der Waals surface area contributed by atoms with E-state index in [2.05, 4.69) is 10.3 Å². The van der Waals surface area contributed by atoms with Gasteiger partial charge in [-0.1, -0.05) is 17.4 Å². The Kier molecular flexibility index (Phi) is 4.31. The molecule has 0 saturated heterocycles. The zero-order valence-corrected chi connectivity index (χ0v) is 14.0. The number of nitrogens with two attached hydrogens (primary N) is 1. The maximum atomic E-state index is 12.1. The molecule has 3 aromatic rings. The monoisotopic (exact) mass is 369 g/mol. The van der Waals surface area contributed by atoms with Crippen LogP contribution >= 0.6 is 22.7 Å². The number of benzene rings is 1. The van der Waals surface area contributed by atoms with Gasteiger partial charge in [0.25, 0.3) is 0 Å². The molecule has 0 fully saturated rings. The molecule has 0 unspecified atom stereocenters. The van der Waals surface area contributed by atoms with E-state index in [0.29, 0.717) is 15.3 Å². The number of rotatable bonds is 5. The molecular formula is C13H11N3O4S3. The van der Waals surface area contributed by atoms with Crippen molar-refractivity contribution in [1.29, 1.82) is 0 Å². The maximum Gasteiger partial charge on any atom is 0.348 e. The molecule has 0 spiro atoms. The van der Waals surface area contributed by atoms with Crippen LogP contribution < -0.4 is 15.2 Å². The Hall–Kier alpha value is -2.01. The van der Waals surface area contributed by atoms with E-state index in [1.54, 1.807) is 23.6 Å². The topological polar surface area (TPSA) is 111 Å². The molecule has 10 heteroatoms. The number of fused-ring (bicyclic) bond motifs is 1. The number of aromatic nitrogens is 1. The minimum absolute atomic E-state index is 0.136. The Morgan fingerprint density at radius 1 is 1.35 bits per heavy atom. The third-order valence-electron chi connectivity index (χ3n) is 2.74. The van der Waals surface area contributed by atoms with Gasteiger partial charge in [-0.3, -0.25) is 4.79 Å². The summed E-state index contributed by atoms with van der Waals surface area (Å²) in [4.78, 5) is 15.5. The van der Waals surface area contributed by atoms with Gasteiger partial charge in [0.15, 0.2) is 9.34 Å². The smallest absolute Gasteiger partial charge is 0.348 e. The SMILES string of the molecule is NCC(=O)Nc1nc2ccc(OS(=O)(=O)c3cccs3)cc2s1. The number of carbonyl (C=O) groups is 1. The first-order valence-corrected chi connectivity index (χ1v) is 9.47. The molecule has 3 rings (SSSR count). The van der Waals surface area contributed by atoms with Crippen LogP contribution in [-0.4, -0.2) is 25.9 Å². The normalized spacial score (nSPS) is 11.5. The van der Waals surface area contributed by atoms with Gasteiger partial charge in [-0.25, -0.2) is 4.98 Å². The number of nitrogens with one attached hydrogen (secondary N) is 1. The van der Waals surface area contributed by atoms with Crippen molar-refractivity contribution in [3.63, 3.8) is 0 Å². The van der Waals surface area contributed by atoms with Gasteiger partial charge in [-0.15, -0.1) is 11.3 Å². The molecule has 120 valence electrons. The first-order valence-electron chi connectivity index (χ1n) is 6.36. The van der Waals surface area contributed by atoms with Crippen molar-refractivity contribution in [2.75, 3.05) is 11.9 Å². The predicted molar refractivity (Wildman–Crippen MR) is 89.4 cm³/mol. The van der Waals surface area contributed by atoms with Gasteiger partial charge < -0.3 is 15.2 Å². The molecule has 2 aromatic heterocycles. The lowest BCUT2D eigenvalue weighted by molar-refractivity contribution is -0.114. The van der Waals surface area contributed by atoms with E-state index in [0.717, 1.165) is 11.3 Å². The van der Waals surface area contributed by atoms with Gasteiger partial charge in [0, 0.05) is 6.07 Å². The molecule has 2 heterocycles. The first kappa shape index (κ1) is 15.9. The van der Waals surface area contributed by atoms with Crippen LogP contribution in [-0.2, 0) is 14.9 Å². The number of anilines is 1. The number of amides is 1. The Morgan fingerprint density at radius 2 is 2.17 bits per heavy atom. The van der Waals surface area contributed by atoms with Crippen LogP contribution in [0, 0.1) is 0 Å². The van der Waals surface area contributed by atoms with Crippen LogP contribution in [0.1, 0.15) is 0 Å². The number of hydrogen-bond donors (Lipinski definition) is 2. The molecule has 3 N–H and O–H groups in total. The fourth-order valence-corrected chi connectivity index (χ4v) is 4.54. The van der Waals surface area contributed by atoms with Crippen LogP contribution in [0.3, 0.4) is 0 Å². The molecular weight excluding hydrogens is 358 g/mol. The highest BCUT2D eigenvalue weighted by molar-refractivity contribution is 7.89. The first-order chi connectivity index (χ1) is 11.0. The van der Waals surface area contributed by atoms with Crippen molar-refractivity contribution in [2.24, 2.45) is 5.73 Å². The Morgan fingerprint density at radius 3 is 2.87 bits per heavy atom. The van der Waals surface area contributed by atoms with Gasteiger partial charge in [0.05, 0.1) is 16.8 Å². The zero-order chi connectivity index (χ0) is 16.4. The number of carbonyl (C=O) groups excluding carboxylic acids is 1. The Bertz CT molecular complexity index is 948. The summed E-state index contributed by atoms with van der Waals surface area (Å²) in [6.07, 6.45) is 0. The van der Waals surface area contributed by atoms with E-state index >= 15 is 0 Å². The number of hydrogen-bond acceptors (Lipinski definition) is 8. The fourth-order valence-electron chi connectivity index (χ4n) is 1.75. The second kappa shape index (κ2) is 6.24. The van der Waals surface area contributed by atoms with Crippen molar-refractivity contribution >= 4 is 54.0 Å². The number of nitrogens with zero attached hydrogens (tertiary/aromatic N) is 1. The summed E-state index contributed by atoms with van der Waals surface area (Å²) in [6.45, 7) is -0.136. The van der Waals surface area contributed by atoms with E-state index in [1.807, 2.05) is 0 Å². The van der Waals surface area contributed by atoms with Gasteiger partial charge in [-0.2, -0.15) is 8.42 Å². The maximum absolute atomic E-state index is 12.1. The summed E-state index contributed by atoms with van der Waals surface area (Å²) in [7, 11) is -3.84. The lowest BCUT2D eigenvalue weighted by atomic mass is 10.3. The highest BCUT2D eigenvalue weighted by Crippen LogP contribution is 2.30. The molecule has 0 saturated carbocycles. The molecule has 0 aliphatic heterocycles. The van der Waals surface area contributed by atoms with Crippen molar-refractivity contribution in [3.05, 3.63) is 35.7 Å². The molecule has 7 nitrogen and oxygen atoms in total. The van der Waals surface area contributed by atoms with Crippen LogP contribution in [0.4, 0.5) is 5.13 Å². The fraction of sp³-hybridized carbons (Fsp3) is 0.0769. The Labute approximate surface area is 139 Å². The second-order valence-electron chi connectivity index (χ2n) is 4.37. The molecule has 0 aliphatic carbocycles. The lowest BCUT2D eigenvalue weighted by Crippen LogP contribution is -2.21. The largest absolute Gasteiger partial charge is 0.378 e. The average Bonchev–Trinajstić information content (AvgIpc) is 3.15. The van der Waals surface area contributed by atoms with E-state index < -0.39 is 10.1 Å². The second-order valence-corrected chi connectivity index (χ2v) is 8.12. The van der Waals surface area contributed by atoms with Crippen molar-refractivity contribution < 1.29 is 17.4 Å². The van der Waals surface area contributed by atoms with Crippen LogP contribution in [0.2, 0.25) is 0 Å². The van der Waals surface area contributed by atoms with Crippen molar-refractivity contribution in [1.82, 2.24) is 4.98 Å². The molecule has 23 heavy (non-hydrogen) atoms. The molecule has 0 atom stereocenters. The molecule has 1 aromatic carbocycles. The third-order valence-corrected chi connectivity index (χ3v) is 6.28.